The Labute approximate surface area is 186 Å². The lowest BCUT2D eigenvalue weighted by Gasteiger charge is -2.09. The molecule has 0 N–H and O–H groups in total. The predicted molar refractivity (Wildman–Crippen MR) is 126 cm³/mol. The van der Waals surface area contributed by atoms with Crippen LogP contribution in [0.4, 0.5) is 0 Å². The van der Waals surface area contributed by atoms with Crippen molar-refractivity contribution < 1.29 is 8.98 Å². The smallest absolute Gasteiger partial charge is 0.216 e. The van der Waals surface area contributed by atoms with Crippen LogP contribution in [0.3, 0.4) is 0 Å². The summed E-state index contributed by atoms with van der Waals surface area (Å²) in [7, 11) is 4.17. The summed E-state index contributed by atoms with van der Waals surface area (Å²) in [6.07, 6.45) is 5.46. The van der Waals surface area contributed by atoms with Gasteiger partial charge in [-0.3, -0.25) is 0 Å². The number of fused-ring (bicyclic) bond motifs is 4. The van der Waals surface area contributed by atoms with Gasteiger partial charge in [0.05, 0.1) is 28.5 Å². The molecule has 0 amide bonds. The molecule has 0 saturated heterocycles. The molecule has 0 spiro atoms. The Morgan fingerprint density at radius 2 is 1.78 bits per heavy atom. The number of nitriles is 1. The van der Waals surface area contributed by atoms with Gasteiger partial charge in [-0.2, -0.15) is 5.26 Å². The van der Waals surface area contributed by atoms with Crippen LogP contribution in [-0.2, 0) is 26.9 Å². The molecule has 4 heteroatoms. The fraction of sp³-hybridized carbons (Fsp3) is 0.214. The summed E-state index contributed by atoms with van der Waals surface area (Å²) < 4.78 is 11.1. The number of aromatic nitrogens is 2. The van der Waals surface area contributed by atoms with E-state index in [1.807, 2.05) is 18.2 Å². The van der Waals surface area contributed by atoms with Gasteiger partial charge in [0.2, 0.25) is 5.69 Å². The molecule has 0 saturated carbocycles. The fourth-order valence-electron chi connectivity index (χ4n) is 5.39. The lowest BCUT2D eigenvalue weighted by atomic mass is 9.98. The highest BCUT2D eigenvalue weighted by Gasteiger charge is 2.25. The van der Waals surface area contributed by atoms with Crippen molar-refractivity contribution in [3.63, 3.8) is 0 Å². The van der Waals surface area contributed by atoms with Crippen LogP contribution in [0, 0.1) is 18.3 Å². The van der Waals surface area contributed by atoms with E-state index in [0.29, 0.717) is 5.56 Å². The molecule has 2 aromatic carbocycles. The van der Waals surface area contributed by atoms with Crippen LogP contribution in [0.5, 0.6) is 0 Å². The van der Waals surface area contributed by atoms with Crippen molar-refractivity contribution in [2.45, 2.75) is 26.2 Å². The van der Waals surface area contributed by atoms with Crippen LogP contribution in [0.2, 0.25) is 0 Å². The molecule has 0 atom stereocenters. The van der Waals surface area contributed by atoms with Crippen molar-refractivity contribution in [1.29, 1.82) is 5.26 Å². The summed E-state index contributed by atoms with van der Waals surface area (Å²) in [5.74, 6) is 0. The van der Waals surface area contributed by atoms with Gasteiger partial charge in [-0.1, -0.05) is 12.1 Å². The van der Waals surface area contributed by atoms with E-state index < -0.39 is 0 Å². The maximum absolute atomic E-state index is 9.96. The first kappa shape index (κ1) is 18.9. The summed E-state index contributed by atoms with van der Waals surface area (Å²) in [6, 6.07) is 19.2. The molecule has 5 aromatic rings. The maximum atomic E-state index is 9.96. The highest BCUT2D eigenvalue weighted by molar-refractivity contribution is 6.13. The SMILES string of the molecule is Cc1ccc2c(oc3c(-c4cc5c(n4C)CCC5)c(C#N)ccc32)c1-c1cccc[n+]1C. The molecule has 0 fully saturated rings. The van der Waals surface area contributed by atoms with Gasteiger partial charge in [-0.25, -0.2) is 4.57 Å². The van der Waals surface area contributed by atoms with Gasteiger partial charge in [0.1, 0.15) is 18.2 Å². The van der Waals surface area contributed by atoms with Crippen molar-refractivity contribution in [3.8, 4) is 28.6 Å². The molecule has 32 heavy (non-hydrogen) atoms. The lowest BCUT2D eigenvalue weighted by Crippen LogP contribution is -2.30. The Morgan fingerprint density at radius 1 is 1.00 bits per heavy atom. The molecule has 0 radical (unpaired) electrons. The molecule has 1 aliphatic rings. The number of nitrogens with zero attached hydrogens (tertiary/aromatic N) is 3. The number of rotatable bonds is 2. The van der Waals surface area contributed by atoms with Crippen molar-refractivity contribution in [1.82, 2.24) is 4.57 Å². The average molecular weight is 419 g/mol. The van der Waals surface area contributed by atoms with Gasteiger partial charge in [0.15, 0.2) is 6.20 Å². The van der Waals surface area contributed by atoms with Crippen LogP contribution >= 0.6 is 0 Å². The van der Waals surface area contributed by atoms with Gasteiger partial charge in [0, 0.05) is 35.6 Å². The van der Waals surface area contributed by atoms with Crippen molar-refractivity contribution >= 4 is 21.9 Å². The van der Waals surface area contributed by atoms with Crippen molar-refractivity contribution in [2.75, 3.05) is 0 Å². The summed E-state index contributed by atoms with van der Waals surface area (Å²) in [5.41, 5.74) is 10.4. The molecule has 4 nitrogen and oxygen atoms in total. The van der Waals surface area contributed by atoms with E-state index in [4.69, 9.17) is 4.42 Å². The summed E-state index contributed by atoms with van der Waals surface area (Å²) in [6.45, 7) is 2.12. The van der Waals surface area contributed by atoms with Gasteiger partial charge >= 0.3 is 0 Å². The molecule has 0 bridgehead atoms. The third-order valence-corrected chi connectivity index (χ3v) is 7.01. The molecular weight excluding hydrogens is 394 g/mol. The molecule has 156 valence electrons. The minimum absolute atomic E-state index is 0.652. The monoisotopic (exact) mass is 418 g/mol. The molecule has 1 aliphatic carbocycles. The minimum Gasteiger partial charge on any atom is -0.454 e. The van der Waals surface area contributed by atoms with E-state index in [0.717, 1.165) is 57.3 Å². The van der Waals surface area contributed by atoms with E-state index in [9.17, 15) is 5.26 Å². The van der Waals surface area contributed by atoms with E-state index in [1.165, 1.54) is 23.2 Å². The lowest BCUT2D eigenvalue weighted by molar-refractivity contribution is -0.660. The summed E-state index contributed by atoms with van der Waals surface area (Å²) in [5, 5.41) is 12.1. The molecule has 0 aliphatic heterocycles. The van der Waals surface area contributed by atoms with Gasteiger partial charge < -0.3 is 8.98 Å². The molecule has 3 aromatic heterocycles. The number of hydrogen-bond donors (Lipinski definition) is 0. The first-order chi connectivity index (χ1) is 15.6. The molecule has 6 rings (SSSR count). The van der Waals surface area contributed by atoms with E-state index in [-0.39, 0.29) is 0 Å². The second kappa shape index (κ2) is 6.83. The highest BCUT2D eigenvalue weighted by Crippen LogP contribution is 2.43. The van der Waals surface area contributed by atoms with Gasteiger partial charge in [-0.15, -0.1) is 0 Å². The Hall–Kier alpha value is -3.84. The van der Waals surface area contributed by atoms with E-state index >= 15 is 0 Å². The zero-order valence-electron chi connectivity index (χ0n) is 18.6. The normalized spacial score (nSPS) is 13.1. The fourth-order valence-corrected chi connectivity index (χ4v) is 5.39. The Kier molecular flexibility index (Phi) is 4.03. The third-order valence-electron chi connectivity index (χ3n) is 7.01. The predicted octanol–water partition coefficient (Wildman–Crippen LogP) is 5.75. The van der Waals surface area contributed by atoms with E-state index in [1.54, 1.807) is 0 Å². The number of hydrogen-bond acceptors (Lipinski definition) is 2. The quantitative estimate of drug-likeness (QED) is 0.343. The highest BCUT2D eigenvalue weighted by atomic mass is 16.3. The topological polar surface area (TPSA) is 45.7 Å². The van der Waals surface area contributed by atoms with Crippen molar-refractivity contribution in [3.05, 3.63) is 77.1 Å². The summed E-state index contributed by atoms with van der Waals surface area (Å²) >= 11 is 0. The van der Waals surface area contributed by atoms with Crippen LogP contribution in [0.1, 0.15) is 28.8 Å². The Balaban J connectivity index is 1.73. The average Bonchev–Trinajstić information content (AvgIpc) is 3.48. The zero-order chi connectivity index (χ0) is 22.0. The van der Waals surface area contributed by atoms with Crippen LogP contribution in [0.25, 0.3) is 44.5 Å². The molecular formula is C28H24N3O+. The number of aryl methyl sites for hydroxylation is 3. The number of pyridine rings is 1. The van der Waals surface area contributed by atoms with Crippen LogP contribution in [-0.4, -0.2) is 4.57 Å². The van der Waals surface area contributed by atoms with E-state index in [2.05, 4.69) is 72.8 Å². The van der Waals surface area contributed by atoms with Gasteiger partial charge in [0.25, 0.3) is 0 Å². The second-order valence-electron chi connectivity index (χ2n) is 8.82. The second-order valence-corrected chi connectivity index (χ2v) is 8.82. The number of benzene rings is 2. The first-order valence-electron chi connectivity index (χ1n) is 11.1. The van der Waals surface area contributed by atoms with Crippen molar-refractivity contribution in [2.24, 2.45) is 14.1 Å². The van der Waals surface area contributed by atoms with Gasteiger partial charge in [-0.05, 0) is 61.6 Å². The standard InChI is InChI=1S/C28H24N3O/c1-17-10-12-20-21-13-11-19(16-29)26(24-15-18-7-6-9-22(18)31(24)3)28(21)32-27(20)25(17)23-8-4-5-14-30(23)2/h4-5,8,10-15H,6-7,9H2,1-3H3/q+1. The molecule has 3 heterocycles. The third kappa shape index (κ3) is 2.51. The minimum atomic E-state index is 0.652. The number of furan rings is 1. The summed E-state index contributed by atoms with van der Waals surface area (Å²) in [4.78, 5) is 0. The van der Waals surface area contributed by atoms with Crippen LogP contribution < -0.4 is 4.57 Å². The zero-order valence-corrected chi connectivity index (χ0v) is 18.6. The maximum Gasteiger partial charge on any atom is 0.216 e. The molecule has 0 unspecified atom stereocenters. The Morgan fingerprint density at radius 3 is 2.53 bits per heavy atom. The van der Waals surface area contributed by atoms with Crippen LogP contribution in [0.15, 0.2) is 59.1 Å². The first-order valence-corrected chi connectivity index (χ1v) is 11.1. The largest absolute Gasteiger partial charge is 0.454 e. The Bertz CT molecular complexity index is 1590.